The SMILES string of the molecule is C=Cc1c(C)c2cc3nc(c(C)c4cc(C)c(cc5nc(cc1[nH]2)C(C)=C5CC)[nH]4)[C@@H](CCCOCCCO[C@H]1C[C@@H](OC(C)=O)C[C@@H](COC(C)=O)O1)[C@@H]3C. The van der Waals surface area contributed by atoms with Crippen molar-refractivity contribution in [2.24, 2.45) is 0 Å². The molecular formula is C45H58N4O7. The molecule has 1 fully saturated rings. The van der Waals surface area contributed by atoms with E-state index in [2.05, 4.69) is 82.4 Å². The van der Waals surface area contributed by atoms with E-state index in [9.17, 15) is 9.59 Å². The first-order chi connectivity index (χ1) is 26.9. The molecular weight excluding hydrogens is 709 g/mol. The van der Waals surface area contributed by atoms with Crippen molar-refractivity contribution in [1.29, 1.82) is 0 Å². The average molecular weight is 767 g/mol. The lowest BCUT2D eigenvalue weighted by Crippen LogP contribution is -2.41. The number of nitrogens with zero attached hydrogens (tertiary/aromatic N) is 2. The molecule has 8 bridgehead atoms. The van der Waals surface area contributed by atoms with Gasteiger partial charge >= 0.3 is 11.9 Å². The van der Waals surface area contributed by atoms with E-state index in [0.717, 1.165) is 80.8 Å². The summed E-state index contributed by atoms with van der Waals surface area (Å²) in [6.07, 6.45) is 4.91. The fourth-order valence-electron chi connectivity index (χ4n) is 8.24. The number of aromatic nitrogens is 4. The Hall–Kier alpha value is -4.58. The van der Waals surface area contributed by atoms with E-state index in [1.807, 2.05) is 6.08 Å². The predicted molar refractivity (Wildman–Crippen MR) is 220 cm³/mol. The molecule has 3 aromatic rings. The highest BCUT2D eigenvalue weighted by molar-refractivity contribution is 5.93. The van der Waals surface area contributed by atoms with Crippen LogP contribution in [0.25, 0.3) is 39.3 Å². The topological polar surface area (TPSA) is 138 Å². The molecule has 0 amide bonds. The number of carbonyl (C=O) groups is 2. The lowest BCUT2D eigenvalue weighted by atomic mass is 9.86. The molecule has 6 rings (SSSR count). The van der Waals surface area contributed by atoms with Gasteiger partial charge in [-0.3, -0.25) is 14.6 Å². The highest BCUT2D eigenvalue weighted by Gasteiger charge is 2.33. The molecule has 3 aliphatic heterocycles. The summed E-state index contributed by atoms with van der Waals surface area (Å²) in [6, 6.07) is 8.80. The molecule has 0 radical (unpaired) electrons. The molecule has 0 saturated carbocycles. The third-order valence-corrected chi connectivity index (χ3v) is 11.4. The zero-order valence-corrected chi connectivity index (χ0v) is 34.3. The van der Waals surface area contributed by atoms with Crippen LogP contribution in [0.3, 0.4) is 0 Å². The van der Waals surface area contributed by atoms with Crippen molar-refractivity contribution in [1.82, 2.24) is 19.9 Å². The van der Waals surface area contributed by atoms with E-state index in [1.54, 1.807) is 0 Å². The summed E-state index contributed by atoms with van der Waals surface area (Å²) in [5.74, 6) is -0.311. The molecule has 1 saturated heterocycles. The molecule has 0 unspecified atom stereocenters. The van der Waals surface area contributed by atoms with Gasteiger partial charge in [0.05, 0.1) is 24.1 Å². The number of rotatable bonds is 14. The van der Waals surface area contributed by atoms with E-state index in [-0.39, 0.29) is 36.5 Å². The van der Waals surface area contributed by atoms with Crippen molar-refractivity contribution in [2.45, 2.75) is 124 Å². The lowest BCUT2D eigenvalue weighted by Gasteiger charge is -2.34. The van der Waals surface area contributed by atoms with Crippen molar-refractivity contribution in [3.63, 3.8) is 0 Å². The average Bonchev–Trinajstić information content (AvgIpc) is 3.85. The number of fused-ring (bicyclic) bond motifs is 8. The number of esters is 2. The van der Waals surface area contributed by atoms with E-state index in [1.165, 1.54) is 30.6 Å². The Bertz CT molecular complexity index is 2150. The van der Waals surface area contributed by atoms with Crippen molar-refractivity contribution in [2.75, 3.05) is 26.4 Å². The molecule has 5 atom stereocenters. The number of ether oxygens (including phenoxy) is 5. The van der Waals surface area contributed by atoms with E-state index in [4.69, 9.17) is 33.7 Å². The van der Waals surface area contributed by atoms with Crippen LogP contribution in [0.4, 0.5) is 0 Å². The highest BCUT2D eigenvalue weighted by atomic mass is 16.7. The van der Waals surface area contributed by atoms with Gasteiger partial charge in [0, 0.05) is 90.8 Å². The van der Waals surface area contributed by atoms with Crippen LogP contribution in [0.1, 0.15) is 130 Å². The van der Waals surface area contributed by atoms with Gasteiger partial charge in [0.1, 0.15) is 12.7 Å². The van der Waals surface area contributed by atoms with Crippen molar-refractivity contribution in [3.8, 4) is 0 Å². The second-order valence-electron chi connectivity index (χ2n) is 15.4. The Labute approximate surface area is 330 Å². The van der Waals surface area contributed by atoms with Gasteiger partial charge in [-0.25, -0.2) is 4.98 Å². The Kier molecular flexibility index (Phi) is 13.3. The monoisotopic (exact) mass is 766 g/mol. The highest BCUT2D eigenvalue weighted by Crippen LogP contribution is 2.42. The number of aromatic amines is 2. The number of allylic oxidation sites excluding steroid dienone is 2. The van der Waals surface area contributed by atoms with Gasteiger partial charge in [-0.05, 0) is 105 Å². The summed E-state index contributed by atoms with van der Waals surface area (Å²) in [6.45, 7) is 21.7. The van der Waals surface area contributed by atoms with Crippen LogP contribution >= 0.6 is 0 Å². The van der Waals surface area contributed by atoms with E-state index >= 15 is 0 Å². The minimum atomic E-state index is -0.554. The van der Waals surface area contributed by atoms with Crippen LogP contribution in [-0.2, 0) is 33.3 Å². The molecule has 0 aromatic carbocycles. The van der Waals surface area contributed by atoms with Crippen molar-refractivity contribution in [3.05, 3.63) is 75.9 Å². The smallest absolute Gasteiger partial charge is 0.302 e. The first kappa shape index (κ1) is 41.1. The normalized spacial score (nSPS) is 21.0. The van der Waals surface area contributed by atoms with Gasteiger partial charge in [-0.2, -0.15) is 0 Å². The minimum absolute atomic E-state index is 0.0929. The summed E-state index contributed by atoms with van der Waals surface area (Å²) in [5.41, 5.74) is 15.3. The second kappa shape index (κ2) is 18.1. The summed E-state index contributed by atoms with van der Waals surface area (Å²) in [7, 11) is 0. The number of hydrogen-bond donors (Lipinski definition) is 2. The van der Waals surface area contributed by atoms with Gasteiger partial charge in [0.2, 0.25) is 0 Å². The Morgan fingerprint density at radius 2 is 1.62 bits per heavy atom. The quantitative estimate of drug-likeness (QED) is 0.121. The Morgan fingerprint density at radius 1 is 0.893 bits per heavy atom. The Balaban J connectivity index is 1.16. The van der Waals surface area contributed by atoms with Crippen molar-refractivity contribution < 1.29 is 33.3 Å². The molecule has 56 heavy (non-hydrogen) atoms. The van der Waals surface area contributed by atoms with Crippen LogP contribution in [-0.4, -0.2) is 76.8 Å². The number of H-pyrrole nitrogens is 2. The molecule has 0 spiro atoms. The van der Waals surface area contributed by atoms with Gasteiger partial charge in [0.25, 0.3) is 0 Å². The van der Waals surface area contributed by atoms with Crippen LogP contribution in [0.15, 0.2) is 30.8 Å². The maximum Gasteiger partial charge on any atom is 0.302 e. The largest absolute Gasteiger partial charge is 0.463 e. The van der Waals surface area contributed by atoms with Crippen LogP contribution in [0, 0.1) is 20.8 Å². The second-order valence-corrected chi connectivity index (χ2v) is 15.4. The first-order valence-electron chi connectivity index (χ1n) is 20.1. The fraction of sp³-hybridized carbons (Fsp3) is 0.511. The Morgan fingerprint density at radius 3 is 2.36 bits per heavy atom. The molecule has 6 heterocycles. The van der Waals surface area contributed by atoms with Gasteiger partial charge < -0.3 is 33.7 Å². The van der Waals surface area contributed by atoms with Crippen LogP contribution in [0.5, 0.6) is 0 Å². The first-order valence-corrected chi connectivity index (χ1v) is 20.1. The minimum Gasteiger partial charge on any atom is -0.463 e. The molecule has 2 N–H and O–H groups in total. The van der Waals surface area contributed by atoms with Crippen molar-refractivity contribution >= 4 is 51.2 Å². The standard InChI is InChI=1S/C45H58N4O7/c1-10-34-27(5)40-23-43-35(11-2)26(4)39(47-43)22-41-28(6)36(45(49-41)29(7)38-18-25(3)37(46-38)21-42(34)48-40)14-12-15-52-16-13-17-53-44-20-32(55-31(9)51)19-33(56-44)24-54-30(8)50/h11,18,21-23,28,32-33,36,44,46-47H,2,10,12-17,19-20,24H2,1,3-9H3/t28-,32-,33-,36-,44+/m0/s1. The fourth-order valence-corrected chi connectivity index (χ4v) is 8.24. The zero-order valence-electron chi connectivity index (χ0n) is 34.3. The van der Waals surface area contributed by atoms with Crippen LogP contribution in [0.2, 0.25) is 0 Å². The van der Waals surface area contributed by atoms with E-state index in [0.29, 0.717) is 39.1 Å². The number of hydrogen-bond acceptors (Lipinski definition) is 9. The third kappa shape index (κ3) is 9.33. The number of nitrogens with one attached hydrogen (secondary N) is 2. The number of carbonyl (C=O) groups excluding carboxylic acids is 2. The third-order valence-electron chi connectivity index (χ3n) is 11.4. The van der Waals surface area contributed by atoms with Gasteiger partial charge in [-0.1, -0.05) is 26.5 Å². The van der Waals surface area contributed by atoms with Gasteiger partial charge in [-0.15, -0.1) is 0 Å². The van der Waals surface area contributed by atoms with Crippen LogP contribution < -0.4 is 0 Å². The summed E-state index contributed by atoms with van der Waals surface area (Å²) < 4.78 is 28.6. The molecule has 3 aromatic heterocycles. The maximum absolute atomic E-state index is 11.6. The van der Waals surface area contributed by atoms with E-state index < -0.39 is 12.4 Å². The summed E-state index contributed by atoms with van der Waals surface area (Å²) in [5, 5.41) is 0. The molecule has 3 aliphatic rings. The molecule has 11 nitrogen and oxygen atoms in total. The van der Waals surface area contributed by atoms with Gasteiger partial charge in [0.15, 0.2) is 6.29 Å². The maximum atomic E-state index is 11.6. The predicted octanol–water partition coefficient (Wildman–Crippen LogP) is 9.31. The lowest BCUT2D eigenvalue weighted by molar-refractivity contribution is -0.229. The summed E-state index contributed by atoms with van der Waals surface area (Å²) in [4.78, 5) is 40.8. The molecule has 300 valence electrons. The molecule has 11 heteroatoms. The number of aryl methyl sites for hydroxylation is 3. The zero-order chi connectivity index (χ0) is 40.1. The summed E-state index contributed by atoms with van der Waals surface area (Å²) >= 11 is 0. The molecule has 0 aliphatic carbocycles.